The summed E-state index contributed by atoms with van der Waals surface area (Å²) in [5.74, 6) is 0. The van der Waals surface area contributed by atoms with Crippen molar-refractivity contribution >= 4 is 0 Å². The fraction of sp³-hybridized carbons (Fsp3) is 0.562. The Balaban J connectivity index is 2.05. The quantitative estimate of drug-likeness (QED) is 0.883. The third-order valence-corrected chi connectivity index (χ3v) is 3.71. The molecular weight excluding hydrogens is 234 g/mol. The lowest BCUT2D eigenvalue weighted by Crippen LogP contribution is -2.49. The van der Waals surface area contributed by atoms with Gasteiger partial charge in [-0.05, 0) is 16.5 Å². The zero-order valence-electron chi connectivity index (χ0n) is 12.1. The van der Waals surface area contributed by atoms with Crippen LogP contribution in [0.15, 0.2) is 24.3 Å². The highest BCUT2D eigenvalue weighted by atomic mass is 15.2. The molecule has 1 N–H and O–H groups in total. The molecule has 1 unspecified atom stereocenters. The van der Waals surface area contributed by atoms with Crippen molar-refractivity contribution in [3.8, 4) is 6.07 Å². The zero-order chi connectivity index (χ0) is 13.9. The molecule has 1 fully saturated rings. The topological polar surface area (TPSA) is 39.1 Å². The highest BCUT2D eigenvalue weighted by Gasteiger charge is 2.21. The van der Waals surface area contributed by atoms with Gasteiger partial charge >= 0.3 is 0 Å². The number of rotatable bonds is 2. The normalized spacial score (nSPS) is 21.1. The molecule has 0 radical (unpaired) electrons. The van der Waals surface area contributed by atoms with Crippen molar-refractivity contribution in [1.29, 1.82) is 5.26 Å². The molecule has 3 heteroatoms. The molecule has 1 aromatic carbocycles. The maximum atomic E-state index is 9.16. The molecule has 1 saturated heterocycles. The van der Waals surface area contributed by atoms with Gasteiger partial charge in [0.05, 0.1) is 6.07 Å². The van der Waals surface area contributed by atoms with Crippen LogP contribution in [0.25, 0.3) is 0 Å². The molecule has 0 amide bonds. The Labute approximate surface area is 116 Å². The van der Waals surface area contributed by atoms with E-state index in [1.54, 1.807) is 0 Å². The smallest absolute Gasteiger partial charge is 0.111 e. The predicted molar refractivity (Wildman–Crippen MR) is 77.8 cm³/mol. The van der Waals surface area contributed by atoms with Crippen LogP contribution < -0.4 is 5.32 Å². The van der Waals surface area contributed by atoms with E-state index in [2.05, 4.69) is 61.3 Å². The van der Waals surface area contributed by atoms with Crippen molar-refractivity contribution in [1.82, 2.24) is 10.2 Å². The van der Waals surface area contributed by atoms with Crippen molar-refractivity contribution in [2.45, 2.75) is 38.8 Å². The number of benzene rings is 1. The third kappa shape index (κ3) is 3.56. The maximum absolute atomic E-state index is 9.16. The molecule has 1 atom stereocenters. The summed E-state index contributed by atoms with van der Waals surface area (Å²) in [5.41, 5.74) is 2.84. The van der Waals surface area contributed by atoms with Crippen molar-refractivity contribution in [3.05, 3.63) is 35.4 Å². The van der Waals surface area contributed by atoms with Crippen LogP contribution in [0, 0.1) is 11.3 Å². The van der Waals surface area contributed by atoms with Gasteiger partial charge in [0.25, 0.3) is 0 Å². The molecule has 1 heterocycles. The lowest BCUT2D eigenvalue weighted by Gasteiger charge is -2.32. The summed E-state index contributed by atoms with van der Waals surface area (Å²) in [6.45, 7) is 10.2. The van der Waals surface area contributed by atoms with Crippen LogP contribution in [0.5, 0.6) is 0 Å². The Morgan fingerprint density at radius 2 is 2.00 bits per heavy atom. The Bertz CT molecular complexity index is 450. The lowest BCUT2D eigenvalue weighted by atomic mass is 9.86. The number of hydrogen-bond donors (Lipinski definition) is 1. The minimum Gasteiger partial charge on any atom is -0.313 e. The van der Waals surface area contributed by atoms with Gasteiger partial charge in [0.15, 0.2) is 0 Å². The van der Waals surface area contributed by atoms with E-state index in [1.165, 1.54) is 11.1 Å². The summed E-state index contributed by atoms with van der Waals surface area (Å²) in [6, 6.07) is 11.2. The fourth-order valence-corrected chi connectivity index (χ4v) is 2.41. The zero-order valence-corrected chi connectivity index (χ0v) is 12.1. The SMILES string of the molecule is CC(C)(C)c1ccc(CN2CCNCC2C#N)cc1. The van der Waals surface area contributed by atoms with Gasteiger partial charge in [-0.3, -0.25) is 4.90 Å². The number of hydrogen-bond acceptors (Lipinski definition) is 3. The van der Waals surface area contributed by atoms with Gasteiger partial charge in [-0.25, -0.2) is 0 Å². The van der Waals surface area contributed by atoms with E-state index >= 15 is 0 Å². The molecule has 102 valence electrons. The standard InChI is InChI=1S/C16H23N3/c1-16(2,3)14-6-4-13(5-7-14)12-19-9-8-18-11-15(19)10-17/h4-7,15,18H,8-9,11-12H2,1-3H3. The van der Waals surface area contributed by atoms with E-state index in [0.29, 0.717) is 0 Å². The van der Waals surface area contributed by atoms with Gasteiger partial charge in [-0.15, -0.1) is 0 Å². The van der Waals surface area contributed by atoms with Gasteiger partial charge in [0.2, 0.25) is 0 Å². The minimum absolute atomic E-state index is 0.00366. The highest BCUT2D eigenvalue weighted by molar-refractivity contribution is 5.27. The second-order valence-electron chi connectivity index (χ2n) is 6.27. The summed E-state index contributed by atoms with van der Waals surface area (Å²) >= 11 is 0. The van der Waals surface area contributed by atoms with E-state index in [9.17, 15) is 0 Å². The third-order valence-electron chi connectivity index (χ3n) is 3.71. The van der Waals surface area contributed by atoms with Crippen molar-refractivity contribution in [2.24, 2.45) is 0 Å². The minimum atomic E-state index is -0.00366. The Morgan fingerprint density at radius 1 is 1.32 bits per heavy atom. The number of nitriles is 1. The molecule has 0 aromatic heterocycles. The summed E-state index contributed by atoms with van der Waals surface area (Å²) in [5, 5.41) is 12.4. The summed E-state index contributed by atoms with van der Waals surface area (Å²) in [4.78, 5) is 2.25. The first-order valence-corrected chi connectivity index (χ1v) is 6.94. The van der Waals surface area contributed by atoms with Crippen LogP contribution in [-0.4, -0.2) is 30.6 Å². The van der Waals surface area contributed by atoms with Crippen LogP contribution in [0.2, 0.25) is 0 Å². The fourth-order valence-electron chi connectivity index (χ4n) is 2.41. The van der Waals surface area contributed by atoms with E-state index in [0.717, 1.165) is 26.2 Å². The first-order chi connectivity index (χ1) is 9.00. The molecule has 3 nitrogen and oxygen atoms in total. The van der Waals surface area contributed by atoms with Crippen LogP contribution >= 0.6 is 0 Å². The van der Waals surface area contributed by atoms with Gasteiger partial charge in [-0.2, -0.15) is 5.26 Å². The first-order valence-electron chi connectivity index (χ1n) is 6.94. The van der Waals surface area contributed by atoms with E-state index < -0.39 is 0 Å². The average molecular weight is 257 g/mol. The van der Waals surface area contributed by atoms with E-state index in [1.807, 2.05) is 0 Å². The van der Waals surface area contributed by atoms with Crippen LogP contribution in [0.3, 0.4) is 0 Å². The molecule has 19 heavy (non-hydrogen) atoms. The van der Waals surface area contributed by atoms with Crippen LogP contribution in [0.4, 0.5) is 0 Å². The number of nitrogens with zero attached hydrogens (tertiary/aromatic N) is 2. The molecule has 1 aliphatic heterocycles. The Kier molecular flexibility index (Phi) is 4.24. The Morgan fingerprint density at radius 3 is 2.58 bits per heavy atom. The average Bonchev–Trinajstić information content (AvgIpc) is 2.39. The Hall–Kier alpha value is -1.37. The van der Waals surface area contributed by atoms with Gasteiger partial charge in [0.1, 0.15) is 6.04 Å². The van der Waals surface area contributed by atoms with Crippen molar-refractivity contribution in [3.63, 3.8) is 0 Å². The van der Waals surface area contributed by atoms with Gasteiger partial charge in [0, 0.05) is 26.2 Å². The second-order valence-corrected chi connectivity index (χ2v) is 6.27. The van der Waals surface area contributed by atoms with Gasteiger partial charge < -0.3 is 5.32 Å². The van der Waals surface area contributed by atoms with Gasteiger partial charge in [-0.1, -0.05) is 45.0 Å². The molecule has 0 spiro atoms. The second kappa shape index (κ2) is 5.73. The summed E-state index contributed by atoms with van der Waals surface area (Å²) < 4.78 is 0. The van der Waals surface area contributed by atoms with Crippen LogP contribution in [-0.2, 0) is 12.0 Å². The molecule has 0 aliphatic carbocycles. The molecule has 0 saturated carbocycles. The van der Waals surface area contributed by atoms with Crippen molar-refractivity contribution in [2.75, 3.05) is 19.6 Å². The van der Waals surface area contributed by atoms with E-state index in [4.69, 9.17) is 5.26 Å². The molecule has 1 aliphatic rings. The molecule has 2 rings (SSSR count). The van der Waals surface area contributed by atoms with Crippen molar-refractivity contribution < 1.29 is 0 Å². The summed E-state index contributed by atoms with van der Waals surface area (Å²) in [6.07, 6.45) is 0. The molecular formula is C16H23N3. The first kappa shape index (κ1) is 14.0. The number of piperazine rings is 1. The molecule has 0 bridgehead atoms. The van der Waals surface area contributed by atoms with E-state index in [-0.39, 0.29) is 11.5 Å². The largest absolute Gasteiger partial charge is 0.313 e. The maximum Gasteiger partial charge on any atom is 0.111 e. The molecule has 1 aromatic rings. The van der Waals surface area contributed by atoms with Crippen LogP contribution in [0.1, 0.15) is 31.9 Å². The summed E-state index contributed by atoms with van der Waals surface area (Å²) in [7, 11) is 0. The lowest BCUT2D eigenvalue weighted by molar-refractivity contribution is 0.189. The monoisotopic (exact) mass is 257 g/mol. The highest BCUT2D eigenvalue weighted by Crippen LogP contribution is 2.22. The number of nitrogens with one attached hydrogen (secondary N) is 1. The predicted octanol–water partition coefficient (Wildman–Crippen LogP) is 2.28.